The van der Waals surface area contributed by atoms with Crippen LogP contribution >= 0.6 is 0 Å². The van der Waals surface area contributed by atoms with Gasteiger partial charge in [0.05, 0.1) is 34.4 Å². The second-order valence-electron chi connectivity index (χ2n) is 7.69. The van der Waals surface area contributed by atoms with Crippen LogP contribution < -0.4 is 14.2 Å². The summed E-state index contributed by atoms with van der Waals surface area (Å²) in [5, 5.41) is 0. The number of aryl methyl sites for hydroxylation is 1. The van der Waals surface area contributed by atoms with Crippen molar-refractivity contribution >= 4 is 5.97 Å². The number of esters is 1. The van der Waals surface area contributed by atoms with Crippen molar-refractivity contribution in [2.24, 2.45) is 0 Å². The van der Waals surface area contributed by atoms with Gasteiger partial charge in [0.15, 0.2) is 11.5 Å². The lowest BCUT2D eigenvalue weighted by molar-refractivity contribution is -0.142. The summed E-state index contributed by atoms with van der Waals surface area (Å²) < 4.78 is 21.2. The average Bonchev–Trinajstić information content (AvgIpc) is 2.80. The van der Waals surface area contributed by atoms with E-state index in [0.717, 1.165) is 42.8 Å². The molecule has 0 spiro atoms. The number of nitrogens with zero attached hydrogens (tertiary/aromatic N) is 1. The Bertz CT molecular complexity index is 852. The van der Waals surface area contributed by atoms with Crippen LogP contribution in [0.2, 0.25) is 0 Å². The Morgan fingerprint density at radius 3 is 2.26 bits per heavy atom. The number of likely N-dealkylation sites (N-methyl/N-ethyl adjacent to an activating group) is 1. The topological polar surface area (TPSA) is 57.2 Å². The number of ether oxygens (including phenoxy) is 4. The second-order valence-corrected chi connectivity index (χ2v) is 7.69. The number of hydrogen-bond donors (Lipinski definition) is 0. The standard InChI is InChI=1S/C25H35NO5/c1-18-9-10-19(16-23(18)29-4)13-15-26(2)14-7-8-21(25(27)31-6)20-11-12-22(28-3)24(17-20)30-5/h9-12,16-17,21H,7-8,13-15H2,1-6H3. The van der Waals surface area contributed by atoms with Crippen molar-refractivity contribution in [3.63, 3.8) is 0 Å². The van der Waals surface area contributed by atoms with Gasteiger partial charge in [0.2, 0.25) is 0 Å². The normalized spacial score (nSPS) is 11.8. The lowest BCUT2D eigenvalue weighted by atomic mass is 9.93. The fourth-order valence-electron chi connectivity index (χ4n) is 3.65. The monoisotopic (exact) mass is 429 g/mol. The minimum Gasteiger partial charge on any atom is -0.496 e. The molecule has 2 rings (SSSR count). The Morgan fingerprint density at radius 1 is 0.903 bits per heavy atom. The summed E-state index contributed by atoms with van der Waals surface area (Å²) in [6, 6.07) is 11.9. The van der Waals surface area contributed by atoms with Crippen LogP contribution in [-0.4, -0.2) is 59.4 Å². The van der Waals surface area contributed by atoms with Gasteiger partial charge in [0, 0.05) is 6.54 Å². The predicted molar refractivity (Wildman–Crippen MR) is 122 cm³/mol. The molecule has 31 heavy (non-hydrogen) atoms. The van der Waals surface area contributed by atoms with E-state index in [-0.39, 0.29) is 11.9 Å². The Hall–Kier alpha value is -2.73. The van der Waals surface area contributed by atoms with Crippen molar-refractivity contribution in [2.75, 3.05) is 48.6 Å². The van der Waals surface area contributed by atoms with E-state index in [1.807, 2.05) is 25.1 Å². The number of methoxy groups -OCH3 is 4. The fraction of sp³-hybridized carbons (Fsp3) is 0.480. The molecule has 0 amide bonds. The van der Waals surface area contributed by atoms with Gasteiger partial charge in [0.1, 0.15) is 5.75 Å². The van der Waals surface area contributed by atoms with Gasteiger partial charge in [-0.3, -0.25) is 4.79 Å². The highest BCUT2D eigenvalue weighted by Gasteiger charge is 2.22. The highest BCUT2D eigenvalue weighted by molar-refractivity contribution is 5.78. The quantitative estimate of drug-likeness (QED) is 0.471. The van der Waals surface area contributed by atoms with E-state index >= 15 is 0 Å². The van der Waals surface area contributed by atoms with Gasteiger partial charge in [-0.1, -0.05) is 18.2 Å². The number of carbonyl (C=O) groups excluding carboxylic acids is 1. The van der Waals surface area contributed by atoms with Crippen LogP contribution in [0.4, 0.5) is 0 Å². The molecular weight excluding hydrogens is 394 g/mol. The van der Waals surface area contributed by atoms with Gasteiger partial charge in [-0.15, -0.1) is 0 Å². The van der Waals surface area contributed by atoms with Gasteiger partial charge in [-0.25, -0.2) is 0 Å². The first-order valence-corrected chi connectivity index (χ1v) is 10.5. The maximum atomic E-state index is 12.4. The third-order valence-corrected chi connectivity index (χ3v) is 5.58. The summed E-state index contributed by atoms with van der Waals surface area (Å²) in [5.41, 5.74) is 3.27. The molecule has 0 aromatic heterocycles. The molecular formula is C25H35NO5. The molecule has 0 saturated carbocycles. The van der Waals surface area contributed by atoms with E-state index in [9.17, 15) is 4.79 Å². The van der Waals surface area contributed by atoms with Gasteiger partial charge in [0.25, 0.3) is 0 Å². The molecule has 0 radical (unpaired) electrons. The van der Waals surface area contributed by atoms with Crippen molar-refractivity contribution in [1.82, 2.24) is 4.90 Å². The van der Waals surface area contributed by atoms with Crippen molar-refractivity contribution < 1.29 is 23.7 Å². The number of carbonyl (C=O) groups is 1. The Morgan fingerprint density at radius 2 is 1.61 bits per heavy atom. The molecule has 0 saturated heterocycles. The first-order valence-electron chi connectivity index (χ1n) is 10.5. The van der Waals surface area contributed by atoms with E-state index in [1.54, 1.807) is 21.3 Å². The predicted octanol–water partition coefficient (Wildman–Crippen LogP) is 4.23. The van der Waals surface area contributed by atoms with Crippen molar-refractivity contribution in [3.05, 3.63) is 53.1 Å². The van der Waals surface area contributed by atoms with Crippen LogP contribution in [-0.2, 0) is 16.0 Å². The van der Waals surface area contributed by atoms with Gasteiger partial charge in [-0.2, -0.15) is 0 Å². The highest BCUT2D eigenvalue weighted by atomic mass is 16.5. The smallest absolute Gasteiger partial charge is 0.313 e. The Labute approximate surface area is 186 Å². The van der Waals surface area contributed by atoms with Crippen LogP contribution in [0.3, 0.4) is 0 Å². The summed E-state index contributed by atoms with van der Waals surface area (Å²) in [7, 11) is 8.42. The molecule has 170 valence electrons. The molecule has 0 aliphatic carbocycles. The summed E-state index contributed by atoms with van der Waals surface area (Å²) in [4.78, 5) is 14.7. The minimum atomic E-state index is -0.334. The molecule has 1 unspecified atom stereocenters. The van der Waals surface area contributed by atoms with E-state index in [0.29, 0.717) is 17.9 Å². The maximum Gasteiger partial charge on any atom is 0.313 e. The van der Waals surface area contributed by atoms with Crippen LogP contribution in [0.15, 0.2) is 36.4 Å². The van der Waals surface area contributed by atoms with Gasteiger partial charge >= 0.3 is 5.97 Å². The molecule has 0 fully saturated rings. The lowest BCUT2D eigenvalue weighted by Gasteiger charge is -2.20. The third-order valence-electron chi connectivity index (χ3n) is 5.58. The third kappa shape index (κ3) is 6.89. The van der Waals surface area contributed by atoms with Crippen molar-refractivity contribution in [3.8, 4) is 17.2 Å². The van der Waals surface area contributed by atoms with E-state index in [4.69, 9.17) is 18.9 Å². The maximum absolute atomic E-state index is 12.4. The summed E-state index contributed by atoms with van der Waals surface area (Å²) in [5.74, 6) is 1.61. The second kappa shape index (κ2) is 12.2. The molecule has 0 bridgehead atoms. The molecule has 6 heteroatoms. The Kier molecular flexibility index (Phi) is 9.66. The number of rotatable bonds is 12. The first-order chi connectivity index (χ1) is 14.9. The van der Waals surface area contributed by atoms with Crippen LogP contribution in [0.25, 0.3) is 0 Å². The van der Waals surface area contributed by atoms with Crippen molar-refractivity contribution in [1.29, 1.82) is 0 Å². The van der Waals surface area contributed by atoms with Crippen LogP contribution in [0, 0.1) is 6.92 Å². The largest absolute Gasteiger partial charge is 0.496 e. The Balaban J connectivity index is 1.93. The molecule has 0 N–H and O–H groups in total. The summed E-state index contributed by atoms with van der Waals surface area (Å²) >= 11 is 0. The number of hydrogen-bond acceptors (Lipinski definition) is 6. The van der Waals surface area contributed by atoms with Crippen molar-refractivity contribution in [2.45, 2.75) is 32.1 Å². The van der Waals surface area contributed by atoms with E-state index in [1.165, 1.54) is 12.7 Å². The van der Waals surface area contributed by atoms with Crippen LogP contribution in [0.5, 0.6) is 17.2 Å². The fourth-order valence-corrected chi connectivity index (χ4v) is 3.65. The van der Waals surface area contributed by atoms with Gasteiger partial charge in [-0.05, 0) is 74.7 Å². The zero-order valence-electron chi connectivity index (χ0n) is 19.6. The summed E-state index contributed by atoms with van der Waals surface area (Å²) in [6.45, 7) is 3.88. The molecule has 2 aromatic carbocycles. The molecule has 2 aromatic rings. The molecule has 0 heterocycles. The lowest BCUT2D eigenvalue weighted by Crippen LogP contribution is -2.24. The minimum absolute atomic E-state index is 0.235. The summed E-state index contributed by atoms with van der Waals surface area (Å²) in [6.07, 6.45) is 2.52. The highest BCUT2D eigenvalue weighted by Crippen LogP contribution is 2.32. The molecule has 1 atom stereocenters. The van der Waals surface area contributed by atoms with Gasteiger partial charge < -0.3 is 23.8 Å². The average molecular weight is 430 g/mol. The van der Waals surface area contributed by atoms with E-state index < -0.39 is 0 Å². The number of benzene rings is 2. The zero-order valence-corrected chi connectivity index (χ0v) is 19.6. The SMILES string of the molecule is COC(=O)C(CCCN(C)CCc1ccc(C)c(OC)c1)c1ccc(OC)c(OC)c1. The zero-order chi connectivity index (χ0) is 22.8. The van der Waals surface area contributed by atoms with Crippen LogP contribution in [0.1, 0.15) is 35.4 Å². The first kappa shape index (κ1) is 24.5. The molecule has 6 nitrogen and oxygen atoms in total. The molecule has 0 aliphatic heterocycles. The molecule has 0 aliphatic rings. The van der Waals surface area contributed by atoms with E-state index in [2.05, 4.69) is 30.1 Å².